The highest BCUT2D eigenvalue weighted by Gasteiger charge is 2.12. The van der Waals surface area contributed by atoms with Crippen molar-refractivity contribution >= 4 is 5.52 Å². The van der Waals surface area contributed by atoms with E-state index >= 15 is 0 Å². The van der Waals surface area contributed by atoms with Crippen LogP contribution in [-0.2, 0) is 0 Å². The summed E-state index contributed by atoms with van der Waals surface area (Å²) in [6.07, 6.45) is 3.82. The molecule has 2 aromatic heterocycles. The van der Waals surface area contributed by atoms with Crippen LogP contribution in [0.2, 0.25) is 0 Å². The Kier molecular flexibility index (Phi) is 2.83. The van der Waals surface area contributed by atoms with E-state index in [0.29, 0.717) is 0 Å². The second-order valence-electron chi connectivity index (χ2n) is 4.14. The lowest BCUT2D eigenvalue weighted by Crippen LogP contribution is -1.94. The van der Waals surface area contributed by atoms with Crippen molar-refractivity contribution in [3.05, 3.63) is 48.8 Å². The summed E-state index contributed by atoms with van der Waals surface area (Å²) in [6.45, 7) is 0. The molecule has 0 aliphatic heterocycles. The first kappa shape index (κ1) is 11.6. The van der Waals surface area contributed by atoms with Gasteiger partial charge in [-0.1, -0.05) is 6.07 Å². The van der Waals surface area contributed by atoms with E-state index in [0.717, 1.165) is 28.4 Å². The second kappa shape index (κ2) is 4.65. The van der Waals surface area contributed by atoms with Gasteiger partial charge in [0.1, 0.15) is 17.3 Å². The average molecular weight is 254 g/mol. The zero-order valence-corrected chi connectivity index (χ0v) is 10.8. The maximum atomic E-state index is 5.41. The highest BCUT2D eigenvalue weighted by atomic mass is 16.5. The van der Waals surface area contributed by atoms with Crippen molar-refractivity contribution in [3.63, 3.8) is 0 Å². The number of ether oxygens (including phenoxy) is 2. The summed E-state index contributed by atoms with van der Waals surface area (Å²) in [5.74, 6) is 2.40. The summed E-state index contributed by atoms with van der Waals surface area (Å²) >= 11 is 0. The Balaban J connectivity index is 2.25. The van der Waals surface area contributed by atoms with E-state index in [2.05, 4.69) is 4.98 Å². The van der Waals surface area contributed by atoms with Crippen LogP contribution < -0.4 is 9.47 Å². The predicted molar refractivity (Wildman–Crippen MR) is 73.7 cm³/mol. The lowest BCUT2D eigenvalue weighted by atomic mass is 10.1. The zero-order chi connectivity index (χ0) is 13.2. The van der Waals surface area contributed by atoms with Crippen molar-refractivity contribution in [2.24, 2.45) is 0 Å². The maximum Gasteiger partial charge on any atom is 0.148 e. The van der Waals surface area contributed by atoms with Gasteiger partial charge < -0.3 is 9.47 Å². The van der Waals surface area contributed by atoms with Crippen molar-refractivity contribution in [2.75, 3.05) is 14.2 Å². The van der Waals surface area contributed by atoms with E-state index in [-0.39, 0.29) is 0 Å². The van der Waals surface area contributed by atoms with Gasteiger partial charge in [0.2, 0.25) is 0 Å². The third-order valence-corrected chi connectivity index (χ3v) is 3.09. The van der Waals surface area contributed by atoms with E-state index in [1.54, 1.807) is 14.2 Å². The Morgan fingerprint density at radius 2 is 1.95 bits per heavy atom. The van der Waals surface area contributed by atoms with Crippen molar-refractivity contribution in [3.8, 4) is 22.9 Å². The molecule has 96 valence electrons. The molecule has 0 fully saturated rings. The van der Waals surface area contributed by atoms with Gasteiger partial charge in [0, 0.05) is 6.20 Å². The lowest BCUT2D eigenvalue weighted by molar-refractivity contribution is 0.404. The molecular formula is C15H14N2O2. The molecule has 2 heterocycles. The zero-order valence-electron chi connectivity index (χ0n) is 10.8. The summed E-state index contributed by atoms with van der Waals surface area (Å²) < 4.78 is 12.7. The second-order valence-corrected chi connectivity index (χ2v) is 4.14. The van der Waals surface area contributed by atoms with Crippen LogP contribution in [0.5, 0.6) is 11.5 Å². The molecule has 0 bridgehead atoms. The third-order valence-electron chi connectivity index (χ3n) is 3.09. The van der Waals surface area contributed by atoms with Gasteiger partial charge in [-0.25, -0.2) is 4.98 Å². The number of imidazole rings is 1. The molecule has 0 saturated heterocycles. The van der Waals surface area contributed by atoms with Crippen molar-refractivity contribution in [1.29, 1.82) is 0 Å². The first-order valence-corrected chi connectivity index (χ1v) is 5.98. The molecule has 3 rings (SSSR count). The summed E-state index contributed by atoms with van der Waals surface area (Å²) in [4.78, 5) is 4.48. The number of pyridine rings is 1. The summed E-state index contributed by atoms with van der Waals surface area (Å²) in [5.41, 5.74) is 1.95. The normalized spacial score (nSPS) is 10.6. The number of rotatable bonds is 3. The minimum absolute atomic E-state index is 0.775. The van der Waals surface area contributed by atoms with Crippen LogP contribution in [0.1, 0.15) is 0 Å². The molecule has 0 N–H and O–H groups in total. The van der Waals surface area contributed by atoms with Crippen LogP contribution in [0, 0.1) is 0 Å². The van der Waals surface area contributed by atoms with Crippen LogP contribution in [-0.4, -0.2) is 23.6 Å². The molecule has 0 amide bonds. The Hall–Kier alpha value is -2.49. The van der Waals surface area contributed by atoms with Gasteiger partial charge in [-0.3, -0.25) is 4.40 Å². The highest BCUT2D eigenvalue weighted by molar-refractivity contribution is 5.70. The van der Waals surface area contributed by atoms with E-state index in [9.17, 15) is 0 Å². The van der Waals surface area contributed by atoms with Gasteiger partial charge in [0.25, 0.3) is 0 Å². The molecule has 0 spiro atoms. The predicted octanol–water partition coefficient (Wildman–Crippen LogP) is 3.02. The maximum absolute atomic E-state index is 5.41. The van der Waals surface area contributed by atoms with Crippen molar-refractivity contribution < 1.29 is 9.47 Å². The van der Waals surface area contributed by atoms with Crippen molar-refractivity contribution in [1.82, 2.24) is 9.38 Å². The first-order chi connectivity index (χ1) is 9.33. The Bertz CT molecular complexity index is 719. The fourth-order valence-electron chi connectivity index (χ4n) is 2.13. The quantitative estimate of drug-likeness (QED) is 0.720. The number of nitrogens with zero attached hydrogens (tertiary/aromatic N) is 2. The van der Waals surface area contributed by atoms with Gasteiger partial charge in [0.15, 0.2) is 0 Å². The van der Waals surface area contributed by atoms with E-state index in [1.807, 2.05) is 53.2 Å². The number of aromatic nitrogens is 2. The smallest absolute Gasteiger partial charge is 0.148 e. The summed E-state index contributed by atoms with van der Waals surface area (Å²) in [7, 11) is 3.30. The van der Waals surface area contributed by atoms with Crippen LogP contribution in [0.3, 0.4) is 0 Å². The van der Waals surface area contributed by atoms with Crippen LogP contribution in [0.25, 0.3) is 16.9 Å². The molecule has 1 aromatic carbocycles. The summed E-state index contributed by atoms with van der Waals surface area (Å²) in [5, 5.41) is 0. The molecule has 0 atom stereocenters. The number of benzene rings is 1. The van der Waals surface area contributed by atoms with E-state index < -0.39 is 0 Å². The van der Waals surface area contributed by atoms with Crippen LogP contribution in [0.4, 0.5) is 0 Å². The Morgan fingerprint density at radius 3 is 2.74 bits per heavy atom. The standard InChI is InChI=1S/C15H14N2O2/c1-18-12-6-7-14(19-2)13(9-12)15-16-10-11-5-3-4-8-17(11)15/h3-10H,1-2H3. The molecule has 3 aromatic rings. The number of methoxy groups -OCH3 is 2. The molecule has 0 aliphatic carbocycles. The highest BCUT2D eigenvalue weighted by Crippen LogP contribution is 2.32. The molecule has 0 saturated carbocycles. The minimum Gasteiger partial charge on any atom is -0.497 e. The summed E-state index contributed by atoms with van der Waals surface area (Å²) in [6, 6.07) is 11.7. The first-order valence-electron chi connectivity index (χ1n) is 5.98. The molecule has 0 aliphatic rings. The monoisotopic (exact) mass is 254 g/mol. The number of hydrogen-bond donors (Lipinski definition) is 0. The molecule has 0 unspecified atom stereocenters. The SMILES string of the molecule is COc1ccc(OC)c(-c2ncc3ccccn23)c1. The number of fused-ring (bicyclic) bond motifs is 1. The fraction of sp³-hybridized carbons (Fsp3) is 0.133. The van der Waals surface area contributed by atoms with Gasteiger partial charge in [-0.2, -0.15) is 0 Å². The molecular weight excluding hydrogens is 240 g/mol. The lowest BCUT2D eigenvalue weighted by Gasteiger charge is -2.09. The Labute approximate surface area is 111 Å². The van der Waals surface area contributed by atoms with Crippen LogP contribution in [0.15, 0.2) is 48.8 Å². The molecule has 4 heteroatoms. The average Bonchev–Trinajstić information content (AvgIpc) is 2.90. The van der Waals surface area contributed by atoms with E-state index in [1.165, 1.54) is 0 Å². The minimum atomic E-state index is 0.775. The topological polar surface area (TPSA) is 35.8 Å². The largest absolute Gasteiger partial charge is 0.497 e. The third kappa shape index (κ3) is 1.91. The molecule has 0 radical (unpaired) electrons. The molecule has 19 heavy (non-hydrogen) atoms. The fourth-order valence-corrected chi connectivity index (χ4v) is 2.13. The van der Waals surface area contributed by atoms with Crippen LogP contribution >= 0.6 is 0 Å². The van der Waals surface area contributed by atoms with E-state index in [4.69, 9.17) is 9.47 Å². The number of hydrogen-bond acceptors (Lipinski definition) is 3. The Morgan fingerprint density at radius 1 is 1.05 bits per heavy atom. The van der Waals surface area contributed by atoms with Gasteiger partial charge in [0.05, 0.1) is 31.5 Å². The van der Waals surface area contributed by atoms with Gasteiger partial charge in [-0.05, 0) is 30.3 Å². The molecule has 4 nitrogen and oxygen atoms in total. The van der Waals surface area contributed by atoms with Gasteiger partial charge in [-0.15, -0.1) is 0 Å². The van der Waals surface area contributed by atoms with Gasteiger partial charge >= 0.3 is 0 Å². The van der Waals surface area contributed by atoms with Crippen molar-refractivity contribution in [2.45, 2.75) is 0 Å².